The molecule has 6 nitrogen and oxygen atoms in total. The zero-order valence-corrected chi connectivity index (χ0v) is 23.7. The Morgan fingerprint density at radius 1 is 0.974 bits per heavy atom. The van der Waals surface area contributed by atoms with E-state index in [1.807, 2.05) is 6.07 Å². The van der Waals surface area contributed by atoms with Crippen LogP contribution in [0.5, 0.6) is 0 Å². The highest BCUT2D eigenvalue weighted by atomic mass is 16.5. The van der Waals surface area contributed by atoms with Crippen molar-refractivity contribution in [1.82, 2.24) is 5.32 Å². The van der Waals surface area contributed by atoms with Gasteiger partial charge in [-0.1, -0.05) is 82.7 Å². The second-order valence-corrected chi connectivity index (χ2v) is 11.6. The minimum Gasteiger partial charge on any atom is -0.376 e. The van der Waals surface area contributed by atoms with Crippen LogP contribution >= 0.6 is 0 Å². The monoisotopic (exact) mass is 523 g/mol. The van der Waals surface area contributed by atoms with Gasteiger partial charge in [-0.15, -0.1) is 0 Å². The van der Waals surface area contributed by atoms with Gasteiger partial charge in [0.25, 0.3) is 10.9 Å². The number of anilines is 2. The summed E-state index contributed by atoms with van der Waals surface area (Å²) >= 11 is 0. The molecule has 0 bridgehead atoms. The summed E-state index contributed by atoms with van der Waals surface area (Å²) in [6.07, 6.45) is 12.9. The molecule has 2 aromatic carbocycles. The predicted octanol–water partition coefficient (Wildman–Crippen LogP) is 5.81. The second kappa shape index (κ2) is 14.8. The Kier molecular flexibility index (Phi) is 11.2. The van der Waals surface area contributed by atoms with Crippen molar-refractivity contribution in [2.75, 3.05) is 43.0 Å². The van der Waals surface area contributed by atoms with Gasteiger partial charge in [0.2, 0.25) is 0 Å². The molecule has 1 saturated carbocycles. The fourth-order valence-electron chi connectivity index (χ4n) is 6.45. The number of nitrogens with one attached hydrogen (secondary N) is 2. The average molecular weight is 524 g/mol. The van der Waals surface area contributed by atoms with Gasteiger partial charge in [-0.05, 0) is 50.1 Å². The number of hydrogen-bond donors (Lipinski definition) is 2. The Labute approximate surface area is 229 Å². The molecule has 2 N–H and O–H groups in total. The van der Waals surface area contributed by atoms with E-state index in [0.29, 0.717) is 17.3 Å². The lowest BCUT2D eigenvalue weighted by Gasteiger charge is -2.39. The van der Waals surface area contributed by atoms with Crippen molar-refractivity contribution in [3.05, 3.63) is 56.3 Å². The van der Waals surface area contributed by atoms with Gasteiger partial charge in [-0.2, -0.15) is 0 Å². The molecule has 0 radical (unpaired) electrons. The molecule has 6 heteroatoms. The van der Waals surface area contributed by atoms with E-state index >= 15 is 0 Å². The number of rotatable bonds is 15. The fraction of sp³-hybridized carbons (Fsp3) is 0.688. The molecule has 4 rings (SSSR count). The van der Waals surface area contributed by atoms with E-state index in [1.54, 1.807) is 0 Å². The third kappa shape index (κ3) is 7.47. The Morgan fingerprint density at radius 3 is 2.50 bits per heavy atom. The maximum atomic E-state index is 12.9. The van der Waals surface area contributed by atoms with Gasteiger partial charge in [0.1, 0.15) is 11.4 Å². The van der Waals surface area contributed by atoms with E-state index in [4.69, 9.17) is 4.74 Å². The van der Waals surface area contributed by atoms with E-state index < -0.39 is 0 Å². The first-order valence-electron chi connectivity index (χ1n) is 15.3. The average Bonchev–Trinajstić information content (AvgIpc) is 2.96. The molecule has 1 aliphatic carbocycles. The summed E-state index contributed by atoms with van der Waals surface area (Å²) in [4.78, 5) is 27.9. The van der Waals surface area contributed by atoms with Crippen LogP contribution in [0.1, 0.15) is 96.1 Å². The van der Waals surface area contributed by atoms with Gasteiger partial charge in [0, 0.05) is 38.2 Å². The minimum absolute atomic E-state index is 0.00531. The van der Waals surface area contributed by atoms with Gasteiger partial charge in [-0.25, -0.2) is 0 Å². The SMILES string of the molecule is CCCCO[C@@H](c1ccccc1)[C@@H]1CCCN(c2c(N[C@H](CNCCC)CC3CCCCC3)c(=O)c2=O)C1. The van der Waals surface area contributed by atoms with Crippen LogP contribution in [0, 0.1) is 11.8 Å². The number of nitrogens with zero attached hydrogens (tertiary/aromatic N) is 1. The van der Waals surface area contributed by atoms with Crippen LogP contribution in [-0.4, -0.2) is 38.8 Å². The molecule has 0 amide bonds. The van der Waals surface area contributed by atoms with Crippen molar-refractivity contribution in [2.24, 2.45) is 11.8 Å². The van der Waals surface area contributed by atoms with Crippen LogP contribution < -0.4 is 26.4 Å². The van der Waals surface area contributed by atoms with Crippen molar-refractivity contribution < 1.29 is 4.74 Å². The maximum Gasteiger partial charge on any atom is 0.253 e. The molecule has 3 atom stereocenters. The first-order chi connectivity index (χ1) is 18.6. The lowest BCUT2D eigenvalue weighted by atomic mass is 9.84. The van der Waals surface area contributed by atoms with Crippen molar-refractivity contribution in [2.45, 2.75) is 96.6 Å². The second-order valence-electron chi connectivity index (χ2n) is 11.6. The molecule has 0 unspecified atom stereocenters. The highest BCUT2D eigenvalue weighted by molar-refractivity contribution is 5.75. The van der Waals surface area contributed by atoms with Gasteiger partial charge in [0.15, 0.2) is 0 Å². The van der Waals surface area contributed by atoms with Crippen molar-refractivity contribution in [3.63, 3.8) is 0 Å². The molecule has 0 aromatic heterocycles. The first-order valence-corrected chi connectivity index (χ1v) is 15.3. The Morgan fingerprint density at radius 2 is 1.76 bits per heavy atom. The summed E-state index contributed by atoms with van der Waals surface area (Å²) < 4.78 is 6.45. The Hall–Kier alpha value is -2.18. The largest absolute Gasteiger partial charge is 0.376 e. The number of ether oxygens (including phenoxy) is 1. The predicted molar refractivity (Wildman–Crippen MR) is 158 cm³/mol. The zero-order valence-electron chi connectivity index (χ0n) is 23.7. The fourth-order valence-corrected chi connectivity index (χ4v) is 6.45. The molecule has 2 aromatic rings. The molecule has 38 heavy (non-hydrogen) atoms. The lowest BCUT2D eigenvalue weighted by molar-refractivity contribution is 0.00454. The van der Waals surface area contributed by atoms with Gasteiger partial charge >= 0.3 is 0 Å². The molecule has 1 saturated heterocycles. The number of unbranched alkanes of at least 4 members (excludes halogenated alkanes) is 1. The van der Waals surface area contributed by atoms with Crippen LogP contribution in [0.25, 0.3) is 0 Å². The summed E-state index contributed by atoms with van der Waals surface area (Å²) in [5, 5.41) is 7.13. The van der Waals surface area contributed by atoms with Crippen molar-refractivity contribution >= 4 is 11.4 Å². The van der Waals surface area contributed by atoms with Gasteiger partial charge < -0.3 is 20.3 Å². The Balaban J connectivity index is 1.48. The van der Waals surface area contributed by atoms with Crippen LogP contribution in [0.4, 0.5) is 11.4 Å². The Bertz CT molecular complexity index is 1030. The summed E-state index contributed by atoms with van der Waals surface area (Å²) in [5.74, 6) is 0.982. The smallest absolute Gasteiger partial charge is 0.253 e. The van der Waals surface area contributed by atoms with E-state index in [9.17, 15) is 9.59 Å². The minimum atomic E-state index is -0.343. The molecule has 0 spiro atoms. The summed E-state index contributed by atoms with van der Waals surface area (Å²) in [6.45, 7) is 8.45. The summed E-state index contributed by atoms with van der Waals surface area (Å²) in [5.41, 5.74) is 1.70. The van der Waals surface area contributed by atoms with Crippen molar-refractivity contribution in [3.8, 4) is 0 Å². The van der Waals surface area contributed by atoms with Crippen LogP contribution in [0.2, 0.25) is 0 Å². The highest BCUT2D eigenvalue weighted by Crippen LogP contribution is 2.36. The third-order valence-electron chi connectivity index (χ3n) is 8.52. The number of piperidine rings is 1. The number of hydrogen-bond acceptors (Lipinski definition) is 6. The van der Waals surface area contributed by atoms with Crippen LogP contribution in [0.3, 0.4) is 0 Å². The molecular weight excluding hydrogens is 474 g/mol. The molecule has 1 aliphatic heterocycles. The topological polar surface area (TPSA) is 70.7 Å². The van der Waals surface area contributed by atoms with Crippen LogP contribution in [-0.2, 0) is 4.74 Å². The standard InChI is InChI=1S/C32H49N3O3/c1-3-5-20-38-32(25-15-10-7-11-16-25)26-17-12-19-35(23-26)29-28(30(36)31(29)37)34-27(22-33-18-4-2)21-24-13-8-6-9-14-24/h7,10-11,15-16,24,26-27,32-34H,3-6,8-9,12-14,17-23H2,1-2H3/t26-,27+,32+/m1/s1. The molecule has 210 valence electrons. The molecular formula is C32H49N3O3. The summed E-state index contributed by atoms with van der Waals surface area (Å²) in [7, 11) is 0. The molecule has 2 aliphatic rings. The lowest BCUT2D eigenvalue weighted by Crippen LogP contribution is -2.49. The zero-order chi connectivity index (χ0) is 26.7. The van der Waals surface area contributed by atoms with E-state index in [2.05, 4.69) is 53.6 Å². The normalized spacial score (nSPS) is 20.5. The van der Waals surface area contributed by atoms with Crippen LogP contribution in [0.15, 0.2) is 39.9 Å². The number of benzene rings is 1. The maximum absolute atomic E-state index is 12.9. The molecule has 1 heterocycles. The third-order valence-corrected chi connectivity index (χ3v) is 8.52. The first kappa shape index (κ1) is 28.8. The van der Waals surface area contributed by atoms with E-state index in [0.717, 1.165) is 71.3 Å². The van der Waals surface area contributed by atoms with Crippen molar-refractivity contribution in [1.29, 1.82) is 0 Å². The molecule has 2 fully saturated rings. The van der Waals surface area contributed by atoms with Gasteiger partial charge in [-0.3, -0.25) is 9.59 Å². The van der Waals surface area contributed by atoms with E-state index in [1.165, 1.54) is 37.7 Å². The van der Waals surface area contributed by atoms with E-state index in [-0.39, 0.29) is 28.9 Å². The van der Waals surface area contributed by atoms with Gasteiger partial charge in [0.05, 0.1) is 6.10 Å². The highest BCUT2D eigenvalue weighted by Gasteiger charge is 2.34. The quantitative estimate of drug-likeness (QED) is 0.227. The summed E-state index contributed by atoms with van der Waals surface area (Å²) in [6, 6.07) is 10.7.